The number of aromatic amines is 1. The standard InChI is InChI=1S/C33H39ClN4O3/c34-27-8-3-7-25-23(21-41-32(25)27)20-40-31-11-4-9-28-26(31)18-29(36-28)33(39)35-24-12-16-37(17-13-24)19-22-6-5-15-38-14-2-1-10-30(22)38/h3-4,7-9,11,18,21-22,24,30,36H,1-2,5-6,10,12-17,19-20H2,(H,35,39). The molecule has 8 heteroatoms. The van der Waals surface area contributed by atoms with Gasteiger partial charge in [0, 0.05) is 53.6 Å². The number of piperidine rings is 3. The Labute approximate surface area is 246 Å². The number of rotatable bonds is 7. The molecular formula is C33H39ClN4O3. The molecule has 2 unspecified atom stereocenters. The Hall–Kier alpha value is -3.00. The number of para-hydroxylation sites is 1. The molecule has 41 heavy (non-hydrogen) atoms. The van der Waals surface area contributed by atoms with Crippen molar-refractivity contribution in [3.05, 3.63) is 65.0 Å². The van der Waals surface area contributed by atoms with Gasteiger partial charge in [0.15, 0.2) is 5.58 Å². The first-order valence-electron chi connectivity index (χ1n) is 15.3. The summed E-state index contributed by atoms with van der Waals surface area (Å²) in [4.78, 5) is 22.0. The highest BCUT2D eigenvalue weighted by molar-refractivity contribution is 6.34. The predicted octanol–water partition coefficient (Wildman–Crippen LogP) is 6.61. The van der Waals surface area contributed by atoms with Crippen LogP contribution in [0.25, 0.3) is 21.9 Å². The maximum absolute atomic E-state index is 13.2. The number of nitrogens with one attached hydrogen (secondary N) is 2. The molecule has 3 aliphatic heterocycles. The molecule has 3 aliphatic rings. The number of H-pyrrole nitrogens is 1. The number of amides is 1. The maximum Gasteiger partial charge on any atom is 0.267 e. The topological polar surface area (TPSA) is 73.7 Å². The largest absolute Gasteiger partial charge is 0.488 e. The smallest absolute Gasteiger partial charge is 0.267 e. The molecule has 3 fully saturated rings. The number of carbonyl (C=O) groups is 1. The molecule has 4 aromatic rings. The van der Waals surface area contributed by atoms with Gasteiger partial charge < -0.3 is 29.3 Å². The Balaban J connectivity index is 0.951. The summed E-state index contributed by atoms with van der Waals surface area (Å²) in [5.41, 5.74) is 3.05. The number of hydrogen-bond acceptors (Lipinski definition) is 5. The number of aromatic nitrogens is 1. The van der Waals surface area contributed by atoms with Crippen LogP contribution in [0.3, 0.4) is 0 Å². The van der Waals surface area contributed by atoms with Crippen molar-refractivity contribution in [2.75, 3.05) is 32.7 Å². The van der Waals surface area contributed by atoms with Crippen LogP contribution in [0.15, 0.2) is 53.1 Å². The summed E-state index contributed by atoms with van der Waals surface area (Å²) >= 11 is 6.26. The van der Waals surface area contributed by atoms with Crippen LogP contribution in [0, 0.1) is 5.92 Å². The van der Waals surface area contributed by atoms with E-state index in [2.05, 4.69) is 20.1 Å². The highest BCUT2D eigenvalue weighted by Gasteiger charge is 2.34. The summed E-state index contributed by atoms with van der Waals surface area (Å²) in [6.07, 6.45) is 10.6. The molecule has 3 saturated heterocycles. The van der Waals surface area contributed by atoms with Crippen LogP contribution in [0.2, 0.25) is 5.02 Å². The summed E-state index contributed by atoms with van der Waals surface area (Å²) in [7, 11) is 0. The molecule has 7 rings (SSSR count). The van der Waals surface area contributed by atoms with E-state index >= 15 is 0 Å². The van der Waals surface area contributed by atoms with E-state index in [0.29, 0.717) is 22.9 Å². The average molecular weight is 575 g/mol. The van der Waals surface area contributed by atoms with Crippen molar-refractivity contribution >= 4 is 39.4 Å². The highest BCUT2D eigenvalue weighted by Crippen LogP contribution is 2.33. The number of furan rings is 1. The monoisotopic (exact) mass is 574 g/mol. The third kappa shape index (κ3) is 5.60. The number of likely N-dealkylation sites (tertiary alicyclic amines) is 1. The first kappa shape index (κ1) is 26.9. The van der Waals surface area contributed by atoms with Gasteiger partial charge in [-0.3, -0.25) is 4.79 Å². The van der Waals surface area contributed by atoms with Crippen molar-refractivity contribution in [3.8, 4) is 5.75 Å². The van der Waals surface area contributed by atoms with Gasteiger partial charge in [0.25, 0.3) is 5.91 Å². The zero-order valence-corrected chi connectivity index (χ0v) is 24.3. The van der Waals surface area contributed by atoms with Crippen molar-refractivity contribution in [2.24, 2.45) is 5.92 Å². The van der Waals surface area contributed by atoms with Gasteiger partial charge in [0.05, 0.1) is 11.3 Å². The van der Waals surface area contributed by atoms with Crippen LogP contribution in [0.1, 0.15) is 61.0 Å². The van der Waals surface area contributed by atoms with Gasteiger partial charge in [0.2, 0.25) is 0 Å². The van der Waals surface area contributed by atoms with Gasteiger partial charge in [-0.2, -0.15) is 0 Å². The number of ether oxygens (including phenoxy) is 1. The van der Waals surface area contributed by atoms with E-state index in [1.807, 2.05) is 42.5 Å². The summed E-state index contributed by atoms with van der Waals surface area (Å²) in [5.74, 6) is 1.48. The van der Waals surface area contributed by atoms with E-state index in [1.165, 1.54) is 51.7 Å². The zero-order valence-electron chi connectivity index (χ0n) is 23.5. The van der Waals surface area contributed by atoms with Gasteiger partial charge in [-0.1, -0.05) is 36.2 Å². The molecule has 0 spiro atoms. The van der Waals surface area contributed by atoms with Crippen LogP contribution in [-0.4, -0.2) is 65.5 Å². The van der Waals surface area contributed by atoms with E-state index in [-0.39, 0.29) is 11.9 Å². The SMILES string of the molecule is O=C(NC1CCN(CC2CCCN3CCCCC23)CC1)c1cc2c(OCc3coc4c(Cl)cccc34)cccc2[nH]1. The molecule has 1 amide bonds. The lowest BCUT2D eigenvalue weighted by molar-refractivity contribution is 0.0351. The van der Waals surface area contributed by atoms with E-state index in [9.17, 15) is 4.79 Å². The summed E-state index contributed by atoms with van der Waals surface area (Å²) < 4.78 is 11.9. The fourth-order valence-corrected chi connectivity index (χ4v) is 7.58. The Bertz CT molecular complexity index is 1520. The fraction of sp³-hybridized carbons (Fsp3) is 0.485. The lowest BCUT2D eigenvalue weighted by atomic mass is 9.83. The second-order valence-electron chi connectivity index (χ2n) is 12.1. The van der Waals surface area contributed by atoms with Crippen LogP contribution in [0.5, 0.6) is 5.75 Å². The Morgan fingerprint density at radius 2 is 1.85 bits per heavy atom. The minimum absolute atomic E-state index is 0.0498. The Morgan fingerprint density at radius 1 is 1.00 bits per heavy atom. The van der Waals surface area contributed by atoms with Crippen molar-refractivity contribution in [1.29, 1.82) is 0 Å². The molecule has 5 heterocycles. The number of benzene rings is 2. The minimum Gasteiger partial charge on any atom is -0.488 e. The molecule has 2 aromatic heterocycles. The number of carbonyl (C=O) groups excluding carboxylic acids is 1. The molecule has 0 radical (unpaired) electrons. The Kier molecular flexibility index (Phi) is 7.67. The van der Waals surface area contributed by atoms with Crippen molar-refractivity contribution in [3.63, 3.8) is 0 Å². The van der Waals surface area contributed by atoms with E-state index in [1.54, 1.807) is 6.26 Å². The van der Waals surface area contributed by atoms with Crippen LogP contribution >= 0.6 is 11.6 Å². The quantitative estimate of drug-likeness (QED) is 0.260. The van der Waals surface area contributed by atoms with Crippen molar-refractivity contribution in [2.45, 2.75) is 63.6 Å². The molecule has 216 valence electrons. The van der Waals surface area contributed by atoms with Gasteiger partial charge in [-0.25, -0.2) is 0 Å². The second kappa shape index (κ2) is 11.7. The molecule has 0 bridgehead atoms. The molecule has 2 aromatic carbocycles. The number of hydrogen-bond donors (Lipinski definition) is 2. The first-order chi connectivity index (χ1) is 20.1. The minimum atomic E-state index is -0.0498. The number of nitrogens with zero attached hydrogens (tertiary/aromatic N) is 2. The number of fused-ring (bicyclic) bond motifs is 3. The van der Waals surface area contributed by atoms with E-state index in [4.69, 9.17) is 20.8 Å². The normalized spacial score (nSPS) is 22.7. The summed E-state index contributed by atoms with van der Waals surface area (Å²) in [6, 6.07) is 14.5. The number of halogens is 1. The van der Waals surface area contributed by atoms with Crippen LogP contribution in [0.4, 0.5) is 0 Å². The van der Waals surface area contributed by atoms with E-state index < -0.39 is 0 Å². The molecule has 2 atom stereocenters. The lowest BCUT2D eigenvalue weighted by Gasteiger charge is -2.46. The van der Waals surface area contributed by atoms with Crippen molar-refractivity contribution < 1.29 is 13.9 Å². The third-order valence-electron chi connectivity index (χ3n) is 9.53. The average Bonchev–Trinajstić information content (AvgIpc) is 3.63. The van der Waals surface area contributed by atoms with Gasteiger partial charge in [-0.15, -0.1) is 0 Å². The molecule has 0 saturated carbocycles. The maximum atomic E-state index is 13.2. The Morgan fingerprint density at radius 3 is 2.76 bits per heavy atom. The van der Waals surface area contributed by atoms with Gasteiger partial charge >= 0.3 is 0 Å². The molecule has 7 nitrogen and oxygen atoms in total. The molecule has 0 aliphatic carbocycles. The predicted molar refractivity (Wildman–Crippen MR) is 163 cm³/mol. The fourth-order valence-electron chi connectivity index (χ4n) is 7.36. The third-order valence-corrected chi connectivity index (χ3v) is 9.83. The summed E-state index contributed by atoms with van der Waals surface area (Å²) in [6.45, 7) is 6.28. The highest BCUT2D eigenvalue weighted by atomic mass is 35.5. The van der Waals surface area contributed by atoms with Gasteiger partial charge in [0.1, 0.15) is 18.1 Å². The van der Waals surface area contributed by atoms with Gasteiger partial charge in [-0.05, 0) is 81.8 Å². The second-order valence-corrected chi connectivity index (χ2v) is 12.5. The first-order valence-corrected chi connectivity index (χ1v) is 15.7. The molecule has 2 N–H and O–H groups in total. The lowest BCUT2D eigenvalue weighted by Crippen LogP contribution is -2.52. The summed E-state index contributed by atoms with van der Waals surface area (Å²) in [5, 5.41) is 5.72. The molecular weight excluding hydrogens is 536 g/mol. The zero-order chi connectivity index (χ0) is 27.8. The van der Waals surface area contributed by atoms with Crippen molar-refractivity contribution in [1.82, 2.24) is 20.1 Å². The van der Waals surface area contributed by atoms with E-state index in [0.717, 1.165) is 65.5 Å². The van der Waals surface area contributed by atoms with Crippen LogP contribution in [-0.2, 0) is 6.61 Å². The van der Waals surface area contributed by atoms with Crippen LogP contribution < -0.4 is 10.1 Å².